The molecule has 0 aromatic heterocycles. The Morgan fingerprint density at radius 2 is 1.72 bits per heavy atom. The zero-order valence-corrected chi connectivity index (χ0v) is 26.3. The summed E-state index contributed by atoms with van der Waals surface area (Å²) >= 11 is 6.06. The van der Waals surface area contributed by atoms with Crippen LogP contribution in [0.5, 0.6) is 0 Å². The van der Waals surface area contributed by atoms with Gasteiger partial charge in [0.2, 0.25) is 10.0 Å². The van der Waals surface area contributed by atoms with E-state index in [2.05, 4.69) is 5.32 Å². The lowest BCUT2D eigenvalue weighted by atomic mass is 9.82. The summed E-state index contributed by atoms with van der Waals surface area (Å²) in [5, 5.41) is 3.32. The van der Waals surface area contributed by atoms with Crippen LogP contribution in [0.3, 0.4) is 0 Å². The molecule has 1 amide bonds. The van der Waals surface area contributed by atoms with Crippen LogP contribution in [0.1, 0.15) is 66.6 Å². The van der Waals surface area contributed by atoms with Crippen LogP contribution < -0.4 is 5.32 Å². The summed E-state index contributed by atoms with van der Waals surface area (Å²) in [5.41, 5.74) is 2.69. The number of esters is 1. The van der Waals surface area contributed by atoms with Crippen molar-refractivity contribution in [3.05, 3.63) is 93.8 Å². The second-order valence-corrected chi connectivity index (χ2v) is 13.3. The van der Waals surface area contributed by atoms with Gasteiger partial charge < -0.3 is 10.1 Å². The number of rotatable bonds is 11. The van der Waals surface area contributed by atoms with Crippen molar-refractivity contribution in [2.24, 2.45) is 11.8 Å². The molecule has 0 radical (unpaired) electrons. The van der Waals surface area contributed by atoms with Crippen LogP contribution in [0.2, 0.25) is 5.02 Å². The van der Waals surface area contributed by atoms with E-state index in [0.29, 0.717) is 49.4 Å². The van der Waals surface area contributed by atoms with Gasteiger partial charge >= 0.3 is 5.97 Å². The van der Waals surface area contributed by atoms with Crippen molar-refractivity contribution in [1.29, 1.82) is 0 Å². The fourth-order valence-electron chi connectivity index (χ4n) is 5.54. The molecule has 3 aromatic rings. The summed E-state index contributed by atoms with van der Waals surface area (Å²) in [6.07, 6.45) is 3.25. The van der Waals surface area contributed by atoms with Gasteiger partial charge in [-0.3, -0.25) is 9.59 Å². The fourth-order valence-corrected chi connectivity index (χ4v) is 7.20. The van der Waals surface area contributed by atoms with Crippen molar-refractivity contribution in [1.82, 2.24) is 4.31 Å². The fraction of sp³-hybridized carbons (Fsp3) is 0.394. The third-order valence-corrected chi connectivity index (χ3v) is 10.1. The highest BCUT2D eigenvalue weighted by Gasteiger charge is 2.33. The molecule has 0 spiro atoms. The third kappa shape index (κ3) is 8.02. The second-order valence-electron chi connectivity index (χ2n) is 11.0. The maximum absolute atomic E-state index is 15.0. The van der Waals surface area contributed by atoms with E-state index < -0.39 is 21.7 Å². The topological polar surface area (TPSA) is 92.8 Å². The normalized spacial score (nSPS) is 17.1. The quantitative estimate of drug-likeness (QED) is 0.227. The number of hydrogen-bond donors (Lipinski definition) is 1. The number of amides is 1. The maximum atomic E-state index is 15.0. The van der Waals surface area contributed by atoms with Crippen LogP contribution in [0.25, 0.3) is 0 Å². The molecule has 1 fully saturated rings. The maximum Gasteiger partial charge on any atom is 0.308 e. The second kappa shape index (κ2) is 14.5. The molecule has 1 aliphatic carbocycles. The molecule has 230 valence electrons. The number of aryl methyl sites for hydroxylation is 2. The van der Waals surface area contributed by atoms with Crippen LogP contribution in [0, 0.1) is 24.6 Å². The van der Waals surface area contributed by atoms with E-state index in [-0.39, 0.29) is 41.4 Å². The molecule has 0 aliphatic heterocycles. The van der Waals surface area contributed by atoms with Crippen LogP contribution in [0.15, 0.2) is 65.6 Å². The van der Waals surface area contributed by atoms with Crippen LogP contribution in [0.4, 0.5) is 10.1 Å². The SMILES string of the molecule is CCOC(=O)C1CCC(CN(Cc2ccc(Cl)cc2)S(=O)(=O)c2ccc(F)c(C(=O)Nc3c(C)cccc3CC)c2)CC1. The van der Waals surface area contributed by atoms with Crippen molar-refractivity contribution in [3.63, 3.8) is 0 Å². The van der Waals surface area contributed by atoms with Crippen LogP contribution in [-0.4, -0.2) is 37.8 Å². The van der Waals surface area contributed by atoms with Gasteiger partial charge in [0.1, 0.15) is 5.82 Å². The molecular weight excluding hydrogens is 591 g/mol. The highest BCUT2D eigenvalue weighted by Crippen LogP contribution is 2.33. The van der Waals surface area contributed by atoms with E-state index >= 15 is 0 Å². The number of nitrogens with zero attached hydrogens (tertiary/aromatic N) is 1. The Morgan fingerprint density at radius 3 is 2.37 bits per heavy atom. The van der Waals surface area contributed by atoms with E-state index in [4.69, 9.17) is 16.3 Å². The average molecular weight is 629 g/mol. The minimum absolute atomic E-state index is 0.0180. The Labute approximate surface area is 258 Å². The Bertz CT molecular complexity index is 1550. The van der Waals surface area contributed by atoms with E-state index in [1.54, 1.807) is 31.2 Å². The zero-order valence-electron chi connectivity index (χ0n) is 24.7. The van der Waals surface area contributed by atoms with Crippen LogP contribution >= 0.6 is 11.6 Å². The molecule has 0 atom stereocenters. The first-order valence-electron chi connectivity index (χ1n) is 14.6. The highest BCUT2D eigenvalue weighted by molar-refractivity contribution is 7.89. The molecule has 10 heteroatoms. The Morgan fingerprint density at radius 1 is 1.02 bits per heavy atom. The Kier molecular flexibility index (Phi) is 11.0. The lowest BCUT2D eigenvalue weighted by Crippen LogP contribution is -2.37. The summed E-state index contributed by atoms with van der Waals surface area (Å²) in [4.78, 5) is 25.3. The van der Waals surface area contributed by atoms with Crippen molar-refractivity contribution in [2.45, 2.75) is 64.3 Å². The molecule has 0 unspecified atom stereocenters. The predicted molar refractivity (Wildman–Crippen MR) is 166 cm³/mol. The molecule has 0 bridgehead atoms. The number of nitrogens with one attached hydrogen (secondary N) is 1. The molecule has 43 heavy (non-hydrogen) atoms. The van der Waals surface area contributed by atoms with Crippen molar-refractivity contribution in [3.8, 4) is 0 Å². The van der Waals surface area contributed by atoms with Crippen LogP contribution in [-0.2, 0) is 32.5 Å². The minimum atomic E-state index is -4.15. The molecule has 4 rings (SSSR count). The predicted octanol–water partition coefficient (Wildman–Crippen LogP) is 7.16. The Balaban J connectivity index is 1.61. The van der Waals surface area contributed by atoms with Crippen molar-refractivity contribution >= 4 is 39.2 Å². The van der Waals surface area contributed by atoms with Crippen molar-refractivity contribution in [2.75, 3.05) is 18.5 Å². The van der Waals surface area contributed by atoms with Gasteiger partial charge in [-0.15, -0.1) is 0 Å². The Hall–Kier alpha value is -3.27. The minimum Gasteiger partial charge on any atom is -0.466 e. The van der Waals surface area contributed by atoms with E-state index in [1.165, 1.54) is 10.4 Å². The molecule has 0 heterocycles. The average Bonchev–Trinajstić information content (AvgIpc) is 2.99. The first-order valence-corrected chi connectivity index (χ1v) is 16.5. The van der Waals surface area contributed by atoms with E-state index in [9.17, 15) is 22.4 Å². The highest BCUT2D eigenvalue weighted by atomic mass is 35.5. The van der Waals surface area contributed by atoms with E-state index in [1.807, 2.05) is 32.0 Å². The summed E-state index contributed by atoms with van der Waals surface area (Å²) in [7, 11) is -4.15. The largest absolute Gasteiger partial charge is 0.466 e. The summed E-state index contributed by atoms with van der Waals surface area (Å²) in [5.74, 6) is -1.91. The van der Waals surface area contributed by atoms with Gasteiger partial charge in [0.05, 0.1) is 23.0 Å². The van der Waals surface area contributed by atoms with E-state index in [0.717, 1.165) is 28.8 Å². The number of hydrogen-bond acceptors (Lipinski definition) is 5. The molecule has 7 nitrogen and oxygen atoms in total. The number of halogens is 2. The monoisotopic (exact) mass is 628 g/mol. The molecule has 1 saturated carbocycles. The summed E-state index contributed by atoms with van der Waals surface area (Å²) in [6, 6.07) is 15.9. The molecule has 1 aliphatic rings. The van der Waals surface area contributed by atoms with Gasteiger partial charge in [-0.1, -0.05) is 48.9 Å². The van der Waals surface area contributed by atoms with Gasteiger partial charge in [-0.25, -0.2) is 12.8 Å². The first-order chi connectivity index (χ1) is 20.5. The number of anilines is 1. The summed E-state index contributed by atoms with van der Waals surface area (Å²) < 4.78 is 49.7. The number of carbonyl (C=O) groups is 2. The number of carbonyl (C=O) groups excluding carboxylic acids is 2. The van der Waals surface area contributed by atoms with Gasteiger partial charge in [0, 0.05) is 23.8 Å². The van der Waals surface area contributed by atoms with Crippen molar-refractivity contribution < 1.29 is 27.1 Å². The standard InChI is InChI=1S/C33H38ClFN2O5S/c1-4-25-8-6-7-22(3)31(25)36-32(38)29-19-28(17-18-30(29)35)43(40,41)37(21-24-11-15-27(34)16-12-24)20-23-9-13-26(14-10-23)33(39)42-5-2/h6-8,11-12,15-19,23,26H,4-5,9-10,13-14,20-21H2,1-3H3,(H,36,38). The molecule has 1 N–H and O–H groups in total. The number of sulfonamides is 1. The molecule has 0 saturated heterocycles. The number of benzene rings is 3. The zero-order chi connectivity index (χ0) is 31.1. The number of para-hydroxylation sites is 1. The first kappa shape index (κ1) is 32.6. The lowest BCUT2D eigenvalue weighted by molar-refractivity contribution is -0.149. The molecule has 3 aromatic carbocycles. The number of ether oxygens (including phenoxy) is 1. The van der Waals surface area contributed by atoms with Gasteiger partial charge in [-0.2, -0.15) is 4.31 Å². The third-order valence-electron chi connectivity index (χ3n) is 8.00. The summed E-state index contributed by atoms with van der Waals surface area (Å²) in [6.45, 7) is 6.19. The van der Waals surface area contributed by atoms with Gasteiger partial charge in [-0.05, 0) is 98.9 Å². The smallest absolute Gasteiger partial charge is 0.308 e. The van der Waals surface area contributed by atoms with Gasteiger partial charge in [0.25, 0.3) is 5.91 Å². The van der Waals surface area contributed by atoms with Gasteiger partial charge in [0.15, 0.2) is 0 Å². The lowest BCUT2D eigenvalue weighted by Gasteiger charge is -2.31. The molecular formula is C33H38ClFN2O5S.